The molecule has 1 amide bonds. The van der Waals surface area contributed by atoms with Gasteiger partial charge >= 0.3 is 0 Å². The number of aromatic nitrogens is 4. The van der Waals surface area contributed by atoms with E-state index in [1.807, 2.05) is 50.4 Å². The van der Waals surface area contributed by atoms with Crippen LogP contribution in [0.25, 0.3) is 5.78 Å². The summed E-state index contributed by atoms with van der Waals surface area (Å²) in [7, 11) is 0. The van der Waals surface area contributed by atoms with E-state index in [1.165, 1.54) is 11.8 Å². The molecule has 0 radical (unpaired) electrons. The van der Waals surface area contributed by atoms with Gasteiger partial charge in [0.05, 0.1) is 5.75 Å². The van der Waals surface area contributed by atoms with Crippen molar-refractivity contribution in [3.05, 3.63) is 41.7 Å². The second-order valence-corrected chi connectivity index (χ2v) is 7.04. The zero-order valence-electron chi connectivity index (χ0n) is 13.6. The van der Waals surface area contributed by atoms with Gasteiger partial charge in [-0.1, -0.05) is 17.8 Å². The SMILES string of the molecule is CSc1cccc(NC(=O)CSc2nc3nc(C)cc(C)n3n2)c1. The highest BCUT2D eigenvalue weighted by Gasteiger charge is 2.11. The van der Waals surface area contributed by atoms with Crippen molar-refractivity contribution < 1.29 is 4.79 Å². The lowest BCUT2D eigenvalue weighted by Crippen LogP contribution is -2.14. The van der Waals surface area contributed by atoms with E-state index in [4.69, 9.17) is 0 Å². The standard InChI is InChI=1S/C16H17N5OS2/c1-10-7-11(2)21-15(17-10)19-16(20-21)24-9-14(22)18-12-5-4-6-13(8-12)23-3/h4-8H,9H2,1-3H3,(H,18,22). The number of hydrogen-bond donors (Lipinski definition) is 1. The number of thioether (sulfide) groups is 2. The molecule has 0 saturated heterocycles. The molecule has 6 nitrogen and oxygen atoms in total. The number of amides is 1. The molecule has 0 aliphatic heterocycles. The predicted molar refractivity (Wildman–Crippen MR) is 97.8 cm³/mol. The van der Waals surface area contributed by atoms with Crippen molar-refractivity contribution in [1.29, 1.82) is 0 Å². The van der Waals surface area contributed by atoms with Gasteiger partial charge in [0.1, 0.15) is 0 Å². The van der Waals surface area contributed by atoms with Crippen LogP contribution in [0.3, 0.4) is 0 Å². The van der Waals surface area contributed by atoms with Crippen molar-refractivity contribution in [1.82, 2.24) is 19.6 Å². The molecule has 1 N–H and O–H groups in total. The minimum absolute atomic E-state index is 0.0852. The molecule has 3 rings (SSSR count). The van der Waals surface area contributed by atoms with Crippen LogP contribution in [0.15, 0.2) is 40.4 Å². The van der Waals surface area contributed by atoms with Crippen LogP contribution in [-0.2, 0) is 4.79 Å². The Bertz CT molecular complexity index is 893. The number of aryl methyl sites for hydroxylation is 2. The van der Waals surface area contributed by atoms with Gasteiger partial charge in [-0.2, -0.15) is 4.98 Å². The van der Waals surface area contributed by atoms with Crippen molar-refractivity contribution in [2.24, 2.45) is 0 Å². The molecule has 8 heteroatoms. The lowest BCUT2D eigenvalue weighted by atomic mass is 10.3. The zero-order valence-corrected chi connectivity index (χ0v) is 15.2. The van der Waals surface area contributed by atoms with Gasteiger partial charge in [0.15, 0.2) is 0 Å². The summed E-state index contributed by atoms with van der Waals surface area (Å²) in [6, 6.07) is 9.71. The third kappa shape index (κ3) is 3.88. The molecule has 0 unspecified atom stereocenters. The Balaban J connectivity index is 1.64. The lowest BCUT2D eigenvalue weighted by molar-refractivity contribution is -0.113. The molecule has 0 aliphatic carbocycles. The Morgan fingerprint density at radius 2 is 2.08 bits per heavy atom. The Morgan fingerprint density at radius 3 is 2.88 bits per heavy atom. The Kier molecular flexibility index (Phi) is 5.06. The molecule has 0 fully saturated rings. The number of carbonyl (C=O) groups excluding carboxylic acids is 1. The van der Waals surface area contributed by atoms with E-state index in [-0.39, 0.29) is 11.7 Å². The van der Waals surface area contributed by atoms with E-state index in [1.54, 1.807) is 16.3 Å². The van der Waals surface area contributed by atoms with Crippen molar-refractivity contribution in [2.75, 3.05) is 17.3 Å². The van der Waals surface area contributed by atoms with Crippen molar-refractivity contribution in [3.63, 3.8) is 0 Å². The molecule has 1 aromatic carbocycles. The zero-order chi connectivity index (χ0) is 17.1. The Hall–Kier alpha value is -2.06. The van der Waals surface area contributed by atoms with Crippen LogP contribution in [-0.4, -0.2) is 37.5 Å². The number of hydrogen-bond acceptors (Lipinski definition) is 6. The summed E-state index contributed by atoms with van der Waals surface area (Å²) in [5, 5.41) is 7.82. The number of nitrogens with zero attached hydrogens (tertiary/aromatic N) is 4. The summed E-state index contributed by atoms with van der Waals surface area (Å²) in [5.41, 5.74) is 2.66. The summed E-state index contributed by atoms with van der Waals surface area (Å²) >= 11 is 2.94. The van der Waals surface area contributed by atoms with Crippen LogP contribution in [0, 0.1) is 13.8 Å². The van der Waals surface area contributed by atoms with Crippen LogP contribution in [0.4, 0.5) is 5.69 Å². The van der Waals surface area contributed by atoms with Gasteiger partial charge in [-0.05, 0) is 44.4 Å². The number of carbonyl (C=O) groups is 1. The first-order valence-corrected chi connectivity index (χ1v) is 9.54. The smallest absolute Gasteiger partial charge is 0.253 e. The third-order valence-electron chi connectivity index (χ3n) is 3.28. The van der Waals surface area contributed by atoms with Gasteiger partial charge in [0.25, 0.3) is 5.78 Å². The van der Waals surface area contributed by atoms with Crippen molar-refractivity contribution >= 4 is 40.9 Å². The van der Waals surface area contributed by atoms with Crippen molar-refractivity contribution in [3.8, 4) is 0 Å². The van der Waals surface area contributed by atoms with Gasteiger partial charge in [0, 0.05) is 22.0 Å². The highest BCUT2D eigenvalue weighted by atomic mass is 32.2. The largest absolute Gasteiger partial charge is 0.325 e. The van der Waals surface area contributed by atoms with Crippen LogP contribution in [0.5, 0.6) is 0 Å². The van der Waals surface area contributed by atoms with E-state index in [0.29, 0.717) is 10.9 Å². The monoisotopic (exact) mass is 359 g/mol. The Morgan fingerprint density at radius 1 is 1.25 bits per heavy atom. The average Bonchev–Trinajstić information content (AvgIpc) is 2.96. The molecule has 0 saturated carbocycles. The van der Waals surface area contributed by atoms with Crippen LogP contribution < -0.4 is 5.32 Å². The number of benzene rings is 1. The molecule has 0 atom stereocenters. The molecule has 124 valence electrons. The first kappa shape index (κ1) is 16.8. The molecule has 2 aromatic heterocycles. The van der Waals surface area contributed by atoms with Gasteiger partial charge in [0.2, 0.25) is 11.1 Å². The second-order valence-electron chi connectivity index (χ2n) is 5.21. The van der Waals surface area contributed by atoms with Gasteiger partial charge in [-0.15, -0.1) is 16.9 Å². The normalized spacial score (nSPS) is 11.0. The van der Waals surface area contributed by atoms with E-state index < -0.39 is 0 Å². The quantitative estimate of drug-likeness (QED) is 0.706. The maximum atomic E-state index is 12.1. The maximum Gasteiger partial charge on any atom is 0.253 e. The van der Waals surface area contributed by atoms with Crippen LogP contribution >= 0.6 is 23.5 Å². The highest BCUT2D eigenvalue weighted by Crippen LogP contribution is 2.20. The van der Waals surface area contributed by atoms with Crippen LogP contribution in [0.2, 0.25) is 0 Å². The molecular formula is C16H17N5OS2. The summed E-state index contributed by atoms with van der Waals surface area (Å²) in [4.78, 5) is 21.9. The van der Waals surface area contributed by atoms with E-state index in [9.17, 15) is 4.79 Å². The molecule has 3 aromatic rings. The molecular weight excluding hydrogens is 342 g/mol. The highest BCUT2D eigenvalue weighted by molar-refractivity contribution is 7.99. The first-order valence-electron chi connectivity index (χ1n) is 7.33. The summed E-state index contributed by atoms with van der Waals surface area (Å²) < 4.78 is 1.69. The van der Waals surface area contributed by atoms with E-state index in [0.717, 1.165) is 22.0 Å². The second kappa shape index (κ2) is 7.23. The van der Waals surface area contributed by atoms with Crippen molar-refractivity contribution in [2.45, 2.75) is 23.9 Å². The fourth-order valence-corrected chi connectivity index (χ4v) is 3.31. The maximum absolute atomic E-state index is 12.1. The fraction of sp³-hybridized carbons (Fsp3) is 0.250. The minimum atomic E-state index is -0.0852. The summed E-state index contributed by atoms with van der Waals surface area (Å²) in [5.74, 6) is 0.722. The van der Waals surface area contributed by atoms with E-state index in [2.05, 4.69) is 20.4 Å². The van der Waals surface area contributed by atoms with Gasteiger partial charge in [-0.3, -0.25) is 4.79 Å². The first-order chi connectivity index (χ1) is 11.5. The molecule has 2 heterocycles. The summed E-state index contributed by atoms with van der Waals surface area (Å²) in [6.07, 6.45) is 2.00. The van der Waals surface area contributed by atoms with Gasteiger partial charge < -0.3 is 5.32 Å². The molecule has 0 spiro atoms. The van der Waals surface area contributed by atoms with E-state index >= 15 is 0 Å². The molecule has 0 bridgehead atoms. The number of rotatable bonds is 5. The molecule has 0 aliphatic rings. The van der Waals surface area contributed by atoms with Crippen LogP contribution in [0.1, 0.15) is 11.4 Å². The minimum Gasteiger partial charge on any atom is -0.325 e. The lowest BCUT2D eigenvalue weighted by Gasteiger charge is -2.05. The summed E-state index contributed by atoms with van der Waals surface area (Å²) in [6.45, 7) is 3.88. The predicted octanol–water partition coefficient (Wildman–Crippen LogP) is 3.19. The third-order valence-corrected chi connectivity index (χ3v) is 4.85. The molecule has 24 heavy (non-hydrogen) atoms. The topological polar surface area (TPSA) is 72.2 Å². The average molecular weight is 359 g/mol. The fourth-order valence-electron chi connectivity index (χ4n) is 2.24. The Labute approximate surface area is 148 Å². The van der Waals surface area contributed by atoms with Gasteiger partial charge in [-0.25, -0.2) is 9.50 Å². The number of nitrogens with one attached hydrogen (secondary N) is 1. The number of fused-ring (bicyclic) bond motifs is 1. The number of anilines is 1.